The van der Waals surface area contributed by atoms with Gasteiger partial charge in [0, 0.05) is 62.3 Å². The van der Waals surface area contributed by atoms with Crippen LogP contribution in [0.15, 0.2) is 60.0 Å². The lowest BCUT2D eigenvalue weighted by Gasteiger charge is -2.48. The van der Waals surface area contributed by atoms with Crippen LogP contribution in [0.25, 0.3) is 27.8 Å². The molecule has 20 heteroatoms. The number of fused-ring (bicyclic) bond motifs is 2. The summed E-state index contributed by atoms with van der Waals surface area (Å²) in [5.41, 5.74) is 3.58. The molecule has 3 amide bonds. The van der Waals surface area contributed by atoms with E-state index in [0.29, 0.717) is 53.9 Å². The van der Waals surface area contributed by atoms with Gasteiger partial charge in [-0.05, 0) is 108 Å². The zero-order valence-corrected chi connectivity index (χ0v) is 36.1. The van der Waals surface area contributed by atoms with Gasteiger partial charge in [-0.1, -0.05) is 6.07 Å². The zero-order valence-electron chi connectivity index (χ0n) is 35.3. The minimum absolute atomic E-state index is 0.0200. The van der Waals surface area contributed by atoms with Gasteiger partial charge in [0.05, 0.1) is 28.4 Å². The summed E-state index contributed by atoms with van der Waals surface area (Å²) < 4.78 is 54.5. The Morgan fingerprint density at radius 3 is 2.65 bits per heavy atom. The number of urea groups is 1. The van der Waals surface area contributed by atoms with Gasteiger partial charge in [-0.3, -0.25) is 29.7 Å². The summed E-state index contributed by atoms with van der Waals surface area (Å²) in [7, 11) is -2.12. The molecule has 62 heavy (non-hydrogen) atoms. The molecule has 3 fully saturated rings. The fourth-order valence-electron chi connectivity index (χ4n) is 9.10. The molecule has 3 aliphatic rings. The third-order valence-electron chi connectivity index (χ3n) is 12.2. The number of nitrogens with zero attached hydrogens (tertiary/aromatic N) is 10. The van der Waals surface area contributed by atoms with Gasteiger partial charge < -0.3 is 10.1 Å². The number of ether oxygens (including phenoxy) is 1. The van der Waals surface area contributed by atoms with Crippen molar-refractivity contribution in [3.63, 3.8) is 0 Å². The van der Waals surface area contributed by atoms with E-state index in [2.05, 4.69) is 71.9 Å². The number of aromatic amines is 1. The first-order valence-corrected chi connectivity index (χ1v) is 22.4. The van der Waals surface area contributed by atoms with E-state index in [0.717, 1.165) is 49.3 Å². The number of aryl methyl sites for hydroxylation is 1. The Kier molecular flexibility index (Phi) is 10.7. The first-order valence-electron chi connectivity index (χ1n) is 21.0. The number of hydrogen-bond donors (Lipinski definition) is 3. The first kappa shape index (κ1) is 41.4. The third kappa shape index (κ3) is 7.85. The summed E-state index contributed by atoms with van der Waals surface area (Å²) in [6, 6.07) is 9.71. The molecule has 3 saturated heterocycles. The van der Waals surface area contributed by atoms with Gasteiger partial charge in [0.1, 0.15) is 17.8 Å². The number of aromatic nitrogens is 8. The molecule has 7 heterocycles. The Morgan fingerprint density at radius 1 is 1.06 bits per heavy atom. The molecule has 2 atom stereocenters. The van der Waals surface area contributed by atoms with Crippen LogP contribution < -0.4 is 20.3 Å². The second-order valence-corrected chi connectivity index (χ2v) is 19.3. The SMILES string of the molecule is CC(C)Oc1c(-c2cn[nH]c2)ncn2nc(Nc3ccc(S(=O)(=O)N4CCC[C@H](CN5CC[C@@H](c6ccc7c(N8CCC(=O)NC8=O)nn(C)c7c6)CC5(C)C)C4)cc3F)nc12. The van der Waals surface area contributed by atoms with Crippen molar-refractivity contribution in [2.24, 2.45) is 13.0 Å². The molecule has 4 aromatic heterocycles. The average Bonchev–Trinajstić information content (AvgIpc) is 3.99. The van der Waals surface area contributed by atoms with Gasteiger partial charge in [-0.2, -0.15) is 24.0 Å². The molecule has 3 aliphatic heterocycles. The Hall–Kier alpha value is -5.99. The molecule has 0 bridgehead atoms. The number of rotatable bonds is 11. The highest BCUT2D eigenvalue weighted by Crippen LogP contribution is 2.41. The highest BCUT2D eigenvalue weighted by Gasteiger charge is 2.39. The lowest BCUT2D eigenvalue weighted by Crippen LogP contribution is -2.53. The second kappa shape index (κ2) is 16.0. The number of nitrogens with one attached hydrogen (secondary N) is 3. The number of anilines is 3. The summed E-state index contributed by atoms with van der Waals surface area (Å²) in [5.74, 6) is 0.385. The number of halogens is 1. The van der Waals surface area contributed by atoms with Gasteiger partial charge in [0.15, 0.2) is 11.6 Å². The van der Waals surface area contributed by atoms with Gasteiger partial charge >= 0.3 is 6.03 Å². The molecule has 3 N–H and O–H groups in total. The van der Waals surface area contributed by atoms with Gasteiger partial charge in [0.2, 0.25) is 27.5 Å². The number of hydrogen-bond acceptors (Lipinski definition) is 12. The quantitative estimate of drug-likeness (QED) is 0.146. The number of H-pyrrole nitrogens is 1. The van der Waals surface area contributed by atoms with Crippen LogP contribution in [-0.4, -0.2) is 113 Å². The number of amides is 3. The fourth-order valence-corrected chi connectivity index (χ4v) is 10.7. The van der Waals surface area contributed by atoms with E-state index >= 15 is 4.39 Å². The summed E-state index contributed by atoms with van der Waals surface area (Å²) in [4.78, 5) is 37.3. The number of carbonyl (C=O) groups is 2. The normalized spacial score (nSPS) is 20.3. The highest BCUT2D eigenvalue weighted by atomic mass is 32.2. The van der Waals surface area contributed by atoms with Crippen LogP contribution >= 0.6 is 0 Å². The third-order valence-corrected chi connectivity index (χ3v) is 14.1. The molecule has 9 rings (SSSR count). The minimum atomic E-state index is -3.99. The largest absolute Gasteiger partial charge is 0.485 e. The maximum absolute atomic E-state index is 15.7. The van der Waals surface area contributed by atoms with Crippen molar-refractivity contribution in [3.05, 3.63) is 66.5 Å². The predicted octanol–water partition coefficient (Wildman–Crippen LogP) is 5.58. The Morgan fingerprint density at radius 2 is 1.90 bits per heavy atom. The molecule has 6 aromatic rings. The van der Waals surface area contributed by atoms with E-state index in [4.69, 9.17) is 4.74 Å². The van der Waals surface area contributed by atoms with Crippen LogP contribution in [0.2, 0.25) is 0 Å². The Balaban J connectivity index is 0.849. The molecule has 2 aromatic carbocycles. The minimum Gasteiger partial charge on any atom is -0.485 e. The fraction of sp³-hybridized carbons (Fsp3) is 0.452. The van der Waals surface area contributed by atoms with Gasteiger partial charge in [-0.15, -0.1) is 5.10 Å². The van der Waals surface area contributed by atoms with E-state index in [1.165, 1.54) is 37.7 Å². The Labute approximate surface area is 357 Å². The lowest BCUT2D eigenvalue weighted by atomic mass is 9.78. The maximum atomic E-state index is 15.7. The molecule has 0 unspecified atom stereocenters. The summed E-state index contributed by atoms with van der Waals surface area (Å²) in [6.45, 7) is 10.9. The van der Waals surface area contributed by atoms with Crippen LogP contribution in [0.4, 0.5) is 26.6 Å². The van der Waals surface area contributed by atoms with Crippen molar-refractivity contribution >= 4 is 56.0 Å². The summed E-state index contributed by atoms with van der Waals surface area (Å²) >= 11 is 0. The molecule has 0 spiro atoms. The van der Waals surface area contributed by atoms with Crippen molar-refractivity contribution in [1.29, 1.82) is 0 Å². The number of piperidine rings is 2. The van der Waals surface area contributed by atoms with Crippen LogP contribution in [0.5, 0.6) is 5.75 Å². The molecule has 0 radical (unpaired) electrons. The molecule has 18 nitrogen and oxygen atoms in total. The number of benzene rings is 2. The van der Waals surface area contributed by atoms with E-state index in [1.54, 1.807) is 17.1 Å². The highest BCUT2D eigenvalue weighted by molar-refractivity contribution is 7.89. The van der Waals surface area contributed by atoms with Crippen LogP contribution in [0.1, 0.15) is 71.3 Å². The molecular formula is C42H50FN13O5S. The van der Waals surface area contributed by atoms with E-state index in [1.807, 2.05) is 27.0 Å². The Bertz CT molecular complexity index is 2790. The topological polar surface area (TPSA) is 201 Å². The van der Waals surface area contributed by atoms with E-state index < -0.39 is 21.9 Å². The van der Waals surface area contributed by atoms with Gasteiger partial charge in [-0.25, -0.2) is 22.6 Å². The van der Waals surface area contributed by atoms with E-state index in [-0.39, 0.29) is 53.0 Å². The number of likely N-dealkylation sites (tertiary alicyclic amines) is 1. The molecular weight excluding hydrogens is 818 g/mol. The van der Waals surface area contributed by atoms with Crippen LogP contribution in [-0.2, 0) is 21.9 Å². The zero-order chi connectivity index (χ0) is 43.5. The molecule has 0 saturated carbocycles. The van der Waals surface area contributed by atoms with Crippen LogP contribution in [0.3, 0.4) is 0 Å². The number of sulfonamides is 1. The van der Waals surface area contributed by atoms with Crippen molar-refractivity contribution in [2.75, 3.05) is 42.9 Å². The van der Waals surface area contributed by atoms with Crippen molar-refractivity contribution in [1.82, 2.24) is 54.1 Å². The number of carbonyl (C=O) groups excluding carboxylic acids is 2. The summed E-state index contributed by atoms with van der Waals surface area (Å²) in [5, 5.41) is 22.0. The smallest absolute Gasteiger partial charge is 0.329 e. The average molecular weight is 868 g/mol. The van der Waals surface area contributed by atoms with Gasteiger partial charge in [0.25, 0.3) is 0 Å². The standard InChI is InChI=1S/C42H50FN13O5S/c1-25(2)61-37-36(29-20-45-46-21-29)44-24-56-39(37)49-40(51-56)47-33-11-9-30(18-32(33)43)62(59,60)54-14-6-7-26(23-54)22-53-15-12-28(19-42(53,3)4)27-8-10-31-34(17-27)52(5)50-38(31)55-16-13-35(57)48-41(55)58/h8-11,17-18,20-21,24-26,28H,6-7,12-16,19,22-23H2,1-5H3,(H,45,46)(H,47,51)(H,48,57,58)/t26-,28-/m1/s1. The first-order chi connectivity index (χ1) is 29.6. The molecule has 326 valence electrons. The lowest BCUT2D eigenvalue weighted by molar-refractivity contribution is -0.120. The van der Waals surface area contributed by atoms with Crippen molar-refractivity contribution < 1.29 is 27.1 Å². The van der Waals surface area contributed by atoms with Crippen molar-refractivity contribution in [3.8, 4) is 17.0 Å². The van der Waals surface area contributed by atoms with Crippen molar-refractivity contribution in [2.45, 2.75) is 82.3 Å². The predicted molar refractivity (Wildman–Crippen MR) is 229 cm³/mol. The summed E-state index contributed by atoms with van der Waals surface area (Å²) in [6.07, 6.45) is 8.29. The van der Waals surface area contributed by atoms with Crippen LogP contribution in [0, 0.1) is 11.7 Å². The maximum Gasteiger partial charge on any atom is 0.329 e. The number of imide groups is 1. The second-order valence-electron chi connectivity index (χ2n) is 17.3. The van der Waals surface area contributed by atoms with E-state index in [9.17, 15) is 18.0 Å². The monoisotopic (exact) mass is 867 g/mol. The molecule has 0 aliphatic carbocycles.